The van der Waals surface area contributed by atoms with Gasteiger partial charge >= 0.3 is 0 Å². The molecule has 2 saturated carbocycles. The molecule has 4 N–H and O–H groups in total. The molecular weight excluding hydrogens is 422 g/mol. The first-order chi connectivity index (χ1) is 16.1. The van der Waals surface area contributed by atoms with Gasteiger partial charge in [0.25, 0.3) is 5.91 Å². The zero-order valence-corrected chi connectivity index (χ0v) is 18.6. The molecule has 3 aromatic heterocycles. The van der Waals surface area contributed by atoms with E-state index >= 15 is 0 Å². The van der Waals surface area contributed by atoms with Gasteiger partial charge in [0, 0.05) is 25.4 Å². The number of aliphatic hydroxyl groups is 1. The highest BCUT2D eigenvalue weighted by molar-refractivity contribution is 6.00. The fourth-order valence-corrected chi connectivity index (χ4v) is 4.22. The lowest BCUT2D eigenvalue weighted by molar-refractivity contribution is 0.0647. The molecule has 2 aliphatic rings. The molecule has 2 aliphatic carbocycles. The summed E-state index contributed by atoms with van der Waals surface area (Å²) in [6, 6.07) is 5.76. The maximum Gasteiger partial charge on any atom is 0.256 e. The molecule has 2 fully saturated rings. The van der Waals surface area contributed by atoms with Crippen LogP contribution < -0.4 is 20.7 Å². The molecular formula is C23H29N7O3. The first kappa shape index (κ1) is 21.4. The third-order valence-electron chi connectivity index (χ3n) is 6.37. The number of anilines is 3. The molecule has 5 rings (SSSR count). The van der Waals surface area contributed by atoms with Gasteiger partial charge in [0.1, 0.15) is 29.0 Å². The highest BCUT2D eigenvalue weighted by atomic mass is 16.5. The predicted molar refractivity (Wildman–Crippen MR) is 124 cm³/mol. The average molecular weight is 452 g/mol. The number of carbonyl (C=O) groups is 1. The molecule has 0 radical (unpaired) electrons. The average Bonchev–Trinajstić information content (AvgIpc) is 3.22. The van der Waals surface area contributed by atoms with E-state index < -0.39 is 0 Å². The molecule has 3 aromatic rings. The van der Waals surface area contributed by atoms with Crippen LogP contribution in [0.1, 0.15) is 55.3 Å². The van der Waals surface area contributed by atoms with Gasteiger partial charge in [0.2, 0.25) is 5.88 Å². The molecule has 1 amide bonds. The van der Waals surface area contributed by atoms with Crippen molar-refractivity contribution in [1.82, 2.24) is 24.9 Å². The van der Waals surface area contributed by atoms with Crippen molar-refractivity contribution in [2.75, 3.05) is 17.7 Å². The van der Waals surface area contributed by atoms with Crippen LogP contribution in [0.4, 0.5) is 17.3 Å². The van der Waals surface area contributed by atoms with Crippen LogP contribution >= 0.6 is 0 Å². The Kier molecular flexibility index (Phi) is 5.99. The third kappa shape index (κ3) is 4.56. The van der Waals surface area contributed by atoms with Crippen molar-refractivity contribution in [3.05, 3.63) is 36.2 Å². The number of pyridine rings is 1. The monoisotopic (exact) mass is 451 g/mol. The van der Waals surface area contributed by atoms with Gasteiger partial charge in [0.15, 0.2) is 5.65 Å². The summed E-state index contributed by atoms with van der Waals surface area (Å²) in [6.45, 7) is 0. The third-order valence-corrected chi connectivity index (χ3v) is 6.37. The van der Waals surface area contributed by atoms with E-state index in [-0.39, 0.29) is 24.2 Å². The smallest absolute Gasteiger partial charge is 0.256 e. The lowest BCUT2D eigenvalue weighted by Crippen LogP contribution is -2.39. The van der Waals surface area contributed by atoms with Gasteiger partial charge in [-0.1, -0.05) is 0 Å². The molecule has 0 atom stereocenters. The Balaban J connectivity index is 1.41. The van der Waals surface area contributed by atoms with Crippen molar-refractivity contribution >= 4 is 28.9 Å². The van der Waals surface area contributed by atoms with Crippen LogP contribution in [0.3, 0.4) is 0 Å². The van der Waals surface area contributed by atoms with Gasteiger partial charge < -0.3 is 25.8 Å². The van der Waals surface area contributed by atoms with E-state index in [0.717, 1.165) is 44.9 Å². The Morgan fingerprint density at radius 3 is 2.76 bits per heavy atom. The fraction of sp³-hybridized carbons (Fsp3) is 0.478. The second-order valence-electron chi connectivity index (χ2n) is 8.70. The molecule has 0 saturated heterocycles. The summed E-state index contributed by atoms with van der Waals surface area (Å²) in [5.41, 5.74) is 1.58. The highest BCUT2D eigenvalue weighted by Gasteiger charge is 2.24. The van der Waals surface area contributed by atoms with Gasteiger partial charge in [-0.2, -0.15) is 9.61 Å². The number of fused-ring (bicyclic) bond motifs is 1. The van der Waals surface area contributed by atoms with Crippen molar-refractivity contribution in [1.29, 1.82) is 0 Å². The second-order valence-corrected chi connectivity index (χ2v) is 8.70. The number of amides is 1. The maximum absolute atomic E-state index is 12.8. The zero-order chi connectivity index (χ0) is 22.8. The van der Waals surface area contributed by atoms with Crippen LogP contribution in [0.15, 0.2) is 30.6 Å². The normalized spacial score (nSPS) is 20.8. The van der Waals surface area contributed by atoms with E-state index in [0.29, 0.717) is 34.4 Å². The van der Waals surface area contributed by atoms with E-state index in [9.17, 15) is 9.90 Å². The number of hydrogen-bond donors (Lipinski definition) is 4. The summed E-state index contributed by atoms with van der Waals surface area (Å²) in [6.07, 6.45) is 9.23. The number of rotatable bonds is 7. The number of hydrogen-bond acceptors (Lipinski definition) is 8. The summed E-state index contributed by atoms with van der Waals surface area (Å²) >= 11 is 0. The van der Waals surface area contributed by atoms with Crippen LogP contribution in [0, 0.1) is 0 Å². The quantitative estimate of drug-likeness (QED) is 0.432. The molecule has 0 spiro atoms. The van der Waals surface area contributed by atoms with Crippen LogP contribution in [-0.2, 0) is 0 Å². The molecule has 0 aromatic carbocycles. The summed E-state index contributed by atoms with van der Waals surface area (Å²) in [5, 5.41) is 23.6. The van der Waals surface area contributed by atoms with Gasteiger partial charge in [-0.3, -0.25) is 4.79 Å². The lowest BCUT2D eigenvalue weighted by Gasteiger charge is -2.26. The highest BCUT2D eigenvalue weighted by Crippen LogP contribution is 2.30. The second kappa shape index (κ2) is 9.22. The largest absolute Gasteiger partial charge is 0.473 e. The van der Waals surface area contributed by atoms with E-state index in [2.05, 4.69) is 31.0 Å². The van der Waals surface area contributed by atoms with E-state index in [1.54, 1.807) is 24.0 Å². The Morgan fingerprint density at radius 1 is 1.21 bits per heavy atom. The number of aromatic nitrogens is 4. The van der Waals surface area contributed by atoms with E-state index in [4.69, 9.17) is 4.74 Å². The van der Waals surface area contributed by atoms with Crippen molar-refractivity contribution in [2.24, 2.45) is 0 Å². The summed E-state index contributed by atoms with van der Waals surface area (Å²) in [5.74, 6) is 1.56. The first-order valence-electron chi connectivity index (χ1n) is 11.5. The maximum atomic E-state index is 12.8. The SMILES string of the molecule is CNc1cc(Nc2cccnc2O[C@H]2CC[C@H](O)CC2)nc2c(C(=O)NC3CCC3)cnn12. The molecule has 0 bridgehead atoms. The molecule has 10 heteroatoms. The molecule has 3 heterocycles. The fourth-order valence-electron chi connectivity index (χ4n) is 4.22. The van der Waals surface area contributed by atoms with Crippen LogP contribution in [0.2, 0.25) is 0 Å². The number of nitrogens with zero attached hydrogens (tertiary/aromatic N) is 4. The van der Waals surface area contributed by atoms with E-state index in [1.807, 2.05) is 18.2 Å². The number of ether oxygens (including phenoxy) is 1. The van der Waals surface area contributed by atoms with Crippen LogP contribution in [0.5, 0.6) is 5.88 Å². The summed E-state index contributed by atoms with van der Waals surface area (Å²) < 4.78 is 7.77. The van der Waals surface area contributed by atoms with Gasteiger partial charge in [-0.15, -0.1) is 0 Å². The summed E-state index contributed by atoms with van der Waals surface area (Å²) in [7, 11) is 1.80. The number of carbonyl (C=O) groups excluding carboxylic acids is 1. The van der Waals surface area contributed by atoms with Gasteiger partial charge in [0.05, 0.1) is 12.3 Å². The van der Waals surface area contributed by atoms with Crippen molar-refractivity contribution in [3.63, 3.8) is 0 Å². The Bertz CT molecular complexity index is 1140. The first-order valence-corrected chi connectivity index (χ1v) is 11.5. The Labute approximate surface area is 191 Å². The minimum Gasteiger partial charge on any atom is -0.473 e. The molecule has 10 nitrogen and oxygen atoms in total. The molecule has 0 aliphatic heterocycles. The van der Waals surface area contributed by atoms with Gasteiger partial charge in [-0.25, -0.2) is 9.97 Å². The van der Waals surface area contributed by atoms with Crippen LogP contribution in [-0.4, -0.2) is 55.9 Å². The topological polar surface area (TPSA) is 126 Å². The predicted octanol–water partition coefficient (Wildman–Crippen LogP) is 2.87. The van der Waals surface area contributed by atoms with Gasteiger partial charge in [-0.05, 0) is 57.1 Å². The number of aliphatic hydroxyl groups excluding tert-OH is 1. The number of nitrogens with one attached hydrogen (secondary N) is 3. The van der Waals surface area contributed by atoms with Crippen molar-refractivity contribution < 1.29 is 14.6 Å². The minimum atomic E-state index is -0.242. The lowest BCUT2D eigenvalue weighted by atomic mass is 9.93. The van der Waals surface area contributed by atoms with Crippen molar-refractivity contribution in [3.8, 4) is 5.88 Å². The summed E-state index contributed by atoms with van der Waals surface area (Å²) in [4.78, 5) is 21.9. The minimum absolute atomic E-state index is 0.0174. The molecule has 0 unspecified atom stereocenters. The Hall–Kier alpha value is -3.40. The zero-order valence-electron chi connectivity index (χ0n) is 18.6. The van der Waals surface area contributed by atoms with Crippen LogP contribution in [0.25, 0.3) is 5.65 Å². The molecule has 174 valence electrons. The Morgan fingerprint density at radius 2 is 2.03 bits per heavy atom. The van der Waals surface area contributed by atoms with Crippen molar-refractivity contribution in [2.45, 2.75) is 63.2 Å². The van der Waals surface area contributed by atoms with E-state index in [1.165, 1.54) is 0 Å². The molecule has 33 heavy (non-hydrogen) atoms. The standard InChI is InChI=1S/C23H29N7O3/c1-24-20-12-19(29-21-17(13-26-30(20)21)22(32)27-14-4-2-5-14)28-18-6-3-11-25-23(18)33-16-9-7-15(31)8-10-16/h3,6,11-16,24,31H,2,4-5,7-10H2,1H3,(H,27,32)(H,28,29)/t15-,16-.